The maximum absolute atomic E-state index is 14.8. The molecule has 3 unspecified atom stereocenters. The Balaban J connectivity index is 1.59. The van der Waals surface area contributed by atoms with Crippen LogP contribution in [0.4, 0.5) is 5.69 Å². The molecule has 2 aliphatic heterocycles. The molecule has 1 spiro atoms. The number of hydrogen-bond acceptors (Lipinski definition) is 7. The molecule has 1 saturated heterocycles. The molecule has 1 aliphatic carbocycles. The SMILES string of the molecule is COc1ccc(OC)c(C2C(C(=O)c3cccs3)N3c4ccc(Cl)cc4C=CC3C23C(=O)c2ccccc2C3=O)c1. The van der Waals surface area contributed by atoms with Crippen LogP contribution in [-0.4, -0.2) is 43.7 Å². The summed E-state index contributed by atoms with van der Waals surface area (Å²) >= 11 is 7.70. The fourth-order valence-corrected chi connectivity index (χ4v) is 7.82. The Bertz CT molecular complexity index is 1740. The Morgan fingerprint density at radius 2 is 1.68 bits per heavy atom. The Labute approximate surface area is 245 Å². The number of methoxy groups -OCH3 is 2. The number of Topliss-reactive ketones (excluding diaryl/α,β-unsaturated/α-hetero) is 3. The maximum atomic E-state index is 14.8. The molecule has 3 heterocycles. The van der Waals surface area contributed by atoms with Crippen molar-refractivity contribution in [3.05, 3.63) is 116 Å². The summed E-state index contributed by atoms with van der Waals surface area (Å²) in [5.41, 5.74) is 1.20. The van der Waals surface area contributed by atoms with E-state index in [0.717, 1.165) is 11.3 Å². The van der Waals surface area contributed by atoms with Gasteiger partial charge in [-0.05, 0) is 53.4 Å². The second-order valence-corrected chi connectivity index (χ2v) is 11.7. The van der Waals surface area contributed by atoms with E-state index in [1.807, 2.05) is 40.6 Å². The summed E-state index contributed by atoms with van der Waals surface area (Å²) in [5, 5.41) is 2.40. The molecule has 3 atom stereocenters. The van der Waals surface area contributed by atoms with Crippen LogP contribution in [0.1, 0.15) is 47.4 Å². The highest BCUT2D eigenvalue weighted by molar-refractivity contribution is 7.12. The molecule has 7 rings (SSSR count). The molecule has 0 radical (unpaired) electrons. The van der Waals surface area contributed by atoms with Crippen LogP contribution in [0.3, 0.4) is 0 Å². The number of carbonyl (C=O) groups excluding carboxylic acids is 3. The summed E-state index contributed by atoms with van der Waals surface area (Å²) in [6.45, 7) is 0. The van der Waals surface area contributed by atoms with Crippen molar-refractivity contribution in [2.24, 2.45) is 5.41 Å². The molecule has 6 nitrogen and oxygen atoms in total. The van der Waals surface area contributed by atoms with Crippen LogP contribution >= 0.6 is 22.9 Å². The Hall–Kier alpha value is -4.20. The third-order valence-corrected chi connectivity index (χ3v) is 9.69. The fraction of sp³-hybridized carbons (Fsp3) is 0.182. The van der Waals surface area contributed by atoms with Crippen LogP contribution in [0.25, 0.3) is 6.08 Å². The Morgan fingerprint density at radius 1 is 0.927 bits per heavy atom. The topological polar surface area (TPSA) is 72.9 Å². The number of anilines is 1. The molecule has 1 fully saturated rings. The first-order valence-electron chi connectivity index (χ1n) is 13.2. The van der Waals surface area contributed by atoms with Gasteiger partial charge in [-0.3, -0.25) is 14.4 Å². The highest BCUT2D eigenvalue weighted by Crippen LogP contribution is 2.62. The largest absolute Gasteiger partial charge is 0.497 e. The van der Waals surface area contributed by atoms with Gasteiger partial charge in [-0.1, -0.05) is 54.1 Å². The molecule has 0 bridgehead atoms. The summed E-state index contributed by atoms with van der Waals surface area (Å²) in [6, 6.07) is 19.6. The van der Waals surface area contributed by atoms with Crippen LogP contribution in [0.2, 0.25) is 5.02 Å². The number of benzene rings is 3. The van der Waals surface area contributed by atoms with E-state index in [9.17, 15) is 14.4 Å². The number of thiophene rings is 1. The Kier molecular flexibility index (Phi) is 5.92. The van der Waals surface area contributed by atoms with Gasteiger partial charge < -0.3 is 14.4 Å². The van der Waals surface area contributed by atoms with Gasteiger partial charge in [0.25, 0.3) is 0 Å². The molecule has 0 N–H and O–H groups in total. The molecule has 204 valence electrons. The lowest BCUT2D eigenvalue weighted by Crippen LogP contribution is -2.48. The van der Waals surface area contributed by atoms with Gasteiger partial charge in [-0.25, -0.2) is 0 Å². The lowest BCUT2D eigenvalue weighted by molar-refractivity contribution is 0.0664. The van der Waals surface area contributed by atoms with E-state index in [1.165, 1.54) is 11.3 Å². The van der Waals surface area contributed by atoms with Gasteiger partial charge in [-0.2, -0.15) is 0 Å². The number of ether oxygens (including phenoxy) is 2. The second kappa shape index (κ2) is 9.43. The molecule has 41 heavy (non-hydrogen) atoms. The zero-order valence-electron chi connectivity index (χ0n) is 22.2. The number of halogens is 1. The lowest BCUT2D eigenvalue weighted by atomic mass is 9.64. The van der Waals surface area contributed by atoms with Crippen molar-refractivity contribution in [1.82, 2.24) is 0 Å². The summed E-state index contributed by atoms with van der Waals surface area (Å²) in [4.78, 5) is 46.6. The second-order valence-electron chi connectivity index (χ2n) is 10.4. The highest BCUT2D eigenvalue weighted by atomic mass is 35.5. The normalized spacial score (nSPS) is 21.5. The zero-order chi connectivity index (χ0) is 28.5. The van der Waals surface area contributed by atoms with Gasteiger partial charge in [0.05, 0.1) is 25.1 Å². The average molecular weight is 582 g/mol. The quantitative estimate of drug-likeness (QED) is 0.192. The standard InChI is InChI=1S/C33H24ClNO5S/c1-39-20-11-13-25(40-2)23(17-20)28-29(30(36)26-8-5-15-41-26)35-24-12-10-19(34)16-18(24)9-14-27(35)33(28)31(37)21-6-3-4-7-22(21)32(33)38/h3-17,27-29H,1-2H3. The smallest absolute Gasteiger partial charge is 0.195 e. The molecule has 1 aromatic heterocycles. The van der Waals surface area contributed by atoms with Crippen LogP contribution in [-0.2, 0) is 0 Å². The van der Waals surface area contributed by atoms with Gasteiger partial charge >= 0.3 is 0 Å². The van der Waals surface area contributed by atoms with Crippen LogP contribution in [0, 0.1) is 5.41 Å². The first kappa shape index (κ1) is 25.7. The van der Waals surface area contributed by atoms with Crippen molar-refractivity contribution in [3.63, 3.8) is 0 Å². The first-order chi connectivity index (χ1) is 19.9. The number of nitrogens with zero attached hydrogens (tertiary/aromatic N) is 1. The molecule has 8 heteroatoms. The highest BCUT2D eigenvalue weighted by Gasteiger charge is 2.72. The maximum Gasteiger partial charge on any atom is 0.195 e. The van der Waals surface area contributed by atoms with E-state index in [1.54, 1.807) is 68.8 Å². The molecule has 0 saturated carbocycles. The monoisotopic (exact) mass is 581 g/mol. The van der Waals surface area contributed by atoms with Gasteiger partial charge in [0.1, 0.15) is 23.0 Å². The first-order valence-corrected chi connectivity index (χ1v) is 14.4. The van der Waals surface area contributed by atoms with Crippen LogP contribution in [0.15, 0.2) is 84.3 Å². The van der Waals surface area contributed by atoms with Crippen molar-refractivity contribution in [2.45, 2.75) is 18.0 Å². The van der Waals surface area contributed by atoms with E-state index in [2.05, 4.69) is 0 Å². The number of rotatable bonds is 5. The number of ketones is 3. The van der Waals surface area contributed by atoms with Crippen molar-refractivity contribution >= 4 is 52.1 Å². The number of fused-ring (bicyclic) bond motifs is 5. The molecule has 3 aliphatic rings. The summed E-state index contributed by atoms with van der Waals surface area (Å²) < 4.78 is 11.4. The predicted octanol–water partition coefficient (Wildman–Crippen LogP) is 6.74. The average Bonchev–Trinajstić information content (AvgIpc) is 3.70. The van der Waals surface area contributed by atoms with Crippen molar-refractivity contribution in [2.75, 3.05) is 19.1 Å². The molecular weight excluding hydrogens is 558 g/mol. The van der Waals surface area contributed by atoms with E-state index >= 15 is 0 Å². The summed E-state index contributed by atoms with van der Waals surface area (Å²) in [7, 11) is 3.10. The lowest BCUT2D eigenvalue weighted by Gasteiger charge is -2.37. The number of hydrogen-bond donors (Lipinski definition) is 0. The Morgan fingerprint density at radius 3 is 2.34 bits per heavy atom. The van der Waals surface area contributed by atoms with Gasteiger partial charge in [0, 0.05) is 33.3 Å². The van der Waals surface area contributed by atoms with E-state index in [0.29, 0.717) is 38.1 Å². The van der Waals surface area contributed by atoms with Crippen molar-refractivity contribution in [1.29, 1.82) is 0 Å². The van der Waals surface area contributed by atoms with Crippen molar-refractivity contribution in [3.8, 4) is 11.5 Å². The number of carbonyl (C=O) groups is 3. The summed E-state index contributed by atoms with van der Waals surface area (Å²) in [5.74, 6) is -0.675. The van der Waals surface area contributed by atoms with Crippen LogP contribution < -0.4 is 14.4 Å². The molecule has 0 amide bonds. The predicted molar refractivity (Wildman–Crippen MR) is 159 cm³/mol. The van der Waals surface area contributed by atoms with Gasteiger partial charge in [0.15, 0.2) is 17.3 Å². The zero-order valence-corrected chi connectivity index (χ0v) is 23.7. The minimum absolute atomic E-state index is 0.176. The molecular formula is C33H24ClNO5S. The van der Waals surface area contributed by atoms with Gasteiger partial charge in [-0.15, -0.1) is 11.3 Å². The van der Waals surface area contributed by atoms with E-state index < -0.39 is 23.4 Å². The minimum Gasteiger partial charge on any atom is -0.497 e. The van der Waals surface area contributed by atoms with Crippen molar-refractivity contribution < 1.29 is 23.9 Å². The van der Waals surface area contributed by atoms with Gasteiger partial charge in [0.2, 0.25) is 0 Å². The summed E-state index contributed by atoms with van der Waals surface area (Å²) in [6.07, 6.45) is 3.77. The third-order valence-electron chi connectivity index (χ3n) is 8.57. The minimum atomic E-state index is -1.63. The molecule has 3 aromatic carbocycles. The fourth-order valence-electron chi connectivity index (χ4n) is 6.94. The molecule has 4 aromatic rings. The third kappa shape index (κ3) is 3.46. The van der Waals surface area contributed by atoms with E-state index in [-0.39, 0.29) is 17.3 Å². The van der Waals surface area contributed by atoms with Crippen LogP contribution in [0.5, 0.6) is 11.5 Å². The van der Waals surface area contributed by atoms with E-state index in [4.69, 9.17) is 21.1 Å².